The molecule has 0 aromatic heterocycles. The van der Waals surface area contributed by atoms with Crippen molar-refractivity contribution in [3.8, 4) is 5.75 Å². The molecular formula is C20H21NO2. The fourth-order valence-electron chi connectivity index (χ4n) is 3.22. The zero-order chi connectivity index (χ0) is 16.6. The van der Waals surface area contributed by atoms with Crippen LogP contribution in [-0.4, -0.2) is 19.9 Å². The Morgan fingerprint density at radius 1 is 1.09 bits per heavy atom. The first-order chi connectivity index (χ1) is 10.9. The standard InChI is InChI=1S/C20H21NO2/c1-20(2)16-7-5-6-8-17(16)21(3)19(20)13-18(22)14-9-11-15(23-4)12-10-14/h5-13H,1-4H3/b19-13+. The Balaban J connectivity index is 1.97. The Labute approximate surface area is 137 Å². The molecule has 1 aliphatic heterocycles. The van der Waals surface area contributed by atoms with Crippen LogP contribution in [0.1, 0.15) is 29.8 Å². The van der Waals surface area contributed by atoms with Crippen molar-refractivity contribution >= 4 is 11.5 Å². The molecule has 23 heavy (non-hydrogen) atoms. The summed E-state index contributed by atoms with van der Waals surface area (Å²) in [6.45, 7) is 4.31. The number of para-hydroxylation sites is 1. The molecule has 0 amide bonds. The molecule has 0 atom stereocenters. The van der Waals surface area contributed by atoms with Gasteiger partial charge in [0.1, 0.15) is 5.75 Å². The van der Waals surface area contributed by atoms with Gasteiger partial charge in [-0.3, -0.25) is 4.79 Å². The minimum atomic E-state index is -0.187. The first kappa shape index (κ1) is 15.3. The molecule has 0 N–H and O–H groups in total. The van der Waals surface area contributed by atoms with Gasteiger partial charge in [0.05, 0.1) is 7.11 Å². The third-order valence-corrected chi connectivity index (χ3v) is 4.58. The minimum Gasteiger partial charge on any atom is -0.497 e. The number of ether oxygens (including phenoxy) is 1. The van der Waals surface area contributed by atoms with Gasteiger partial charge in [0.15, 0.2) is 5.78 Å². The summed E-state index contributed by atoms with van der Waals surface area (Å²) < 4.78 is 5.14. The third-order valence-electron chi connectivity index (χ3n) is 4.58. The van der Waals surface area contributed by atoms with Crippen LogP contribution >= 0.6 is 0 Å². The van der Waals surface area contributed by atoms with Crippen LogP contribution in [0.5, 0.6) is 5.75 Å². The average Bonchev–Trinajstić information content (AvgIpc) is 2.76. The van der Waals surface area contributed by atoms with E-state index in [2.05, 4.69) is 30.9 Å². The van der Waals surface area contributed by atoms with Crippen molar-refractivity contribution in [2.45, 2.75) is 19.3 Å². The van der Waals surface area contributed by atoms with E-state index in [1.807, 2.05) is 31.3 Å². The van der Waals surface area contributed by atoms with E-state index in [0.29, 0.717) is 5.56 Å². The van der Waals surface area contributed by atoms with Crippen LogP contribution in [0.2, 0.25) is 0 Å². The number of benzene rings is 2. The van der Waals surface area contributed by atoms with Crippen molar-refractivity contribution in [2.24, 2.45) is 0 Å². The molecular weight excluding hydrogens is 286 g/mol. The number of fused-ring (bicyclic) bond motifs is 1. The highest BCUT2D eigenvalue weighted by molar-refractivity contribution is 6.05. The summed E-state index contributed by atoms with van der Waals surface area (Å²) in [5.74, 6) is 0.760. The first-order valence-electron chi connectivity index (χ1n) is 7.69. The van der Waals surface area contributed by atoms with Gasteiger partial charge in [-0.25, -0.2) is 0 Å². The van der Waals surface area contributed by atoms with E-state index in [1.165, 1.54) is 5.56 Å². The highest BCUT2D eigenvalue weighted by Gasteiger charge is 2.38. The lowest BCUT2D eigenvalue weighted by Crippen LogP contribution is -2.24. The predicted octanol–water partition coefficient (Wildman–Crippen LogP) is 4.19. The van der Waals surface area contributed by atoms with Gasteiger partial charge in [-0.2, -0.15) is 0 Å². The second kappa shape index (κ2) is 5.58. The van der Waals surface area contributed by atoms with Crippen LogP contribution in [-0.2, 0) is 5.41 Å². The van der Waals surface area contributed by atoms with Gasteiger partial charge in [0.25, 0.3) is 0 Å². The van der Waals surface area contributed by atoms with Crippen LogP contribution < -0.4 is 9.64 Å². The lowest BCUT2D eigenvalue weighted by atomic mass is 9.83. The largest absolute Gasteiger partial charge is 0.497 e. The number of anilines is 1. The van der Waals surface area contributed by atoms with Crippen LogP contribution in [0.4, 0.5) is 5.69 Å². The highest BCUT2D eigenvalue weighted by atomic mass is 16.5. The maximum absolute atomic E-state index is 12.6. The van der Waals surface area contributed by atoms with Gasteiger partial charge >= 0.3 is 0 Å². The quantitative estimate of drug-likeness (QED) is 0.629. The molecule has 1 heterocycles. The zero-order valence-corrected chi connectivity index (χ0v) is 14.0. The molecule has 0 unspecified atom stereocenters. The predicted molar refractivity (Wildman–Crippen MR) is 93.3 cm³/mol. The highest BCUT2D eigenvalue weighted by Crippen LogP contribution is 2.46. The molecule has 3 heteroatoms. The molecule has 0 bridgehead atoms. The number of rotatable bonds is 3. The molecule has 0 saturated carbocycles. The van der Waals surface area contributed by atoms with Crippen LogP contribution in [0, 0.1) is 0 Å². The Morgan fingerprint density at radius 2 is 1.74 bits per heavy atom. The smallest absolute Gasteiger partial charge is 0.187 e. The van der Waals surface area contributed by atoms with E-state index >= 15 is 0 Å². The number of methoxy groups -OCH3 is 1. The Kier molecular flexibility index (Phi) is 3.72. The number of carbonyl (C=O) groups excluding carboxylic acids is 1. The van der Waals surface area contributed by atoms with E-state index in [1.54, 1.807) is 25.3 Å². The second-order valence-corrected chi connectivity index (χ2v) is 6.32. The van der Waals surface area contributed by atoms with Gasteiger partial charge in [-0.1, -0.05) is 32.0 Å². The lowest BCUT2D eigenvalue weighted by molar-refractivity contribution is 0.104. The summed E-state index contributed by atoms with van der Waals surface area (Å²) in [5.41, 5.74) is 3.90. The Bertz CT molecular complexity index is 772. The summed E-state index contributed by atoms with van der Waals surface area (Å²) in [4.78, 5) is 14.7. The normalized spacial score (nSPS) is 17.2. The fraction of sp³-hybridized carbons (Fsp3) is 0.250. The van der Waals surface area contributed by atoms with E-state index < -0.39 is 0 Å². The molecule has 3 nitrogen and oxygen atoms in total. The summed E-state index contributed by atoms with van der Waals surface area (Å²) >= 11 is 0. The molecule has 0 spiro atoms. The van der Waals surface area contributed by atoms with Crippen molar-refractivity contribution in [3.05, 3.63) is 71.4 Å². The fourth-order valence-corrected chi connectivity index (χ4v) is 3.22. The number of hydrogen-bond acceptors (Lipinski definition) is 3. The topological polar surface area (TPSA) is 29.5 Å². The van der Waals surface area contributed by atoms with Crippen molar-refractivity contribution < 1.29 is 9.53 Å². The number of allylic oxidation sites excluding steroid dienone is 2. The van der Waals surface area contributed by atoms with Crippen molar-refractivity contribution in [1.29, 1.82) is 0 Å². The van der Waals surface area contributed by atoms with E-state index in [9.17, 15) is 4.79 Å². The van der Waals surface area contributed by atoms with E-state index in [0.717, 1.165) is 17.1 Å². The van der Waals surface area contributed by atoms with Crippen molar-refractivity contribution in [1.82, 2.24) is 0 Å². The summed E-state index contributed by atoms with van der Waals surface area (Å²) in [5, 5.41) is 0. The maximum Gasteiger partial charge on any atom is 0.187 e. The summed E-state index contributed by atoms with van der Waals surface area (Å²) in [6, 6.07) is 15.5. The lowest BCUT2D eigenvalue weighted by Gasteiger charge is -2.24. The molecule has 0 saturated heterocycles. The SMILES string of the molecule is COc1ccc(C(=O)/C=C2/N(C)c3ccccc3C2(C)C)cc1. The first-order valence-corrected chi connectivity index (χ1v) is 7.69. The van der Waals surface area contributed by atoms with Crippen molar-refractivity contribution in [3.63, 3.8) is 0 Å². The van der Waals surface area contributed by atoms with E-state index in [4.69, 9.17) is 4.74 Å². The van der Waals surface area contributed by atoms with Crippen LogP contribution in [0.25, 0.3) is 0 Å². The van der Waals surface area contributed by atoms with Crippen molar-refractivity contribution in [2.75, 3.05) is 19.1 Å². The number of nitrogens with zero attached hydrogens (tertiary/aromatic N) is 1. The number of hydrogen-bond donors (Lipinski definition) is 0. The Hall–Kier alpha value is -2.55. The molecule has 1 aliphatic rings. The van der Waals surface area contributed by atoms with Gasteiger partial charge in [-0.05, 0) is 35.9 Å². The molecule has 2 aromatic rings. The molecule has 0 radical (unpaired) electrons. The van der Waals surface area contributed by atoms with Gasteiger partial charge < -0.3 is 9.64 Å². The summed E-state index contributed by atoms with van der Waals surface area (Å²) in [6.07, 6.45) is 1.75. The molecule has 118 valence electrons. The van der Waals surface area contributed by atoms with Crippen LogP contribution in [0.15, 0.2) is 60.3 Å². The minimum absolute atomic E-state index is 0.00961. The monoisotopic (exact) mass is 307 g/mol. The molecule has 2 aromatic carbocycles. The van der Waals surface area contributed by atoms with E-state index in [-0.39, 0.29) is 11.2 Å². The van der Waals surface area contributed by atoms with Gasteiger partial charge in [0, 0.05) is 35.5 Å². The number of carbonyl (C=O) groups is 1. The summed E-state index contributed by atoms with van der Waals surface area (Å²) in [7, 11) is 3.63. The number of likely N-dealkylation sites (N-methyl/N-ethyl adjacent to an activating group) is 1. The average molecular weight is 307 g/mol. The molecule has 0 fully saturated rings. The number of ketones is 1. The third kappa shape index (κ3) is 2.52. The molecule has 0 aliphatic carbocycles. The zero-order valence-electron chi connectivity index (χ0n) is 14.0. The second-order valence-electron chi connectivity index (χ2n) is 6.32. The molecule has 3 rings (SSSR count). The van der Waals surface area contributed by atoms with Crippen LogP contribution in [0.3, 0.4) is 0 Å². The Morgan fingerprint density at radius 3 is 2.35 bits per heavy atom. The maximum atomic E-state index is 12.6. The van der Waals surface area contributed by atoms with Gasteiger partial charge in [0.2, 0.25) is 0 Å². The van der Waals surface area contributed by atoms with Gasteiger partial charge in [-0.15, -0.1) is 0 Å².